The Kier molecular flexibility index (Phi) is 3.89. The van der Waals surface area contributed by atoms with E-state index < -0.39 is 26.6 Å². The number of halogens is 2. The summed E-state index contributed by atoms with van der Waals surface area (Å²) in [6.07, 6.45) is 0.908. The lowest BCUT2D eigenvalue weighted by Crippen LogP contribution is -2.16. The first-order chi connectivity index (χ1) is 9.31. The van der Waals surface area contributed by atoms with E-state index in [1.165, 1.54) is 18.2 Å². The van der Waals surface area contributed by atoms with Gasteiger partial charge in [-0.15, -0.1) is 0 Å². The van der Waals surface area contributed by atoms with Gasteiger partial charge in [0.25, 0.3) is 10.0 Å². The number of carboxylic acids is 1. The Morgan fingerprint density at radius 2 is 2.00 bits per heavy atom. The number of carbonyl (C=O) groups is 1. The maximum Gasteiger partial charge on any atom is 0.340 e. The van der Waals surface area contributed by atoms with Crippen molar-refractivity contribution in [2.24, 2.45) is 0 Å². The number of sulfonamides is 1. The zero-order valence-electron chi connectivity index (χ0n) is 9.59. The minimum atomic E-state index is -4.13. The molecule has 1 aromatic heterocycles. The number of H-pyrrole nitrogens is 1. The van der Waals surface area contributed by atoms with Gasteiger partial charge >= 0.3 is 5.97 Å². The maximum atomic E-state index is 12.1. The number of aromatic nitrogens is 2. The Morgan fingerprint density at radius 3 is 2.60 bits per heavy atom. The fourth-order valence-electron chi connectivity index (χ4n) is 1.40. The molecule has 7 nitrogen and oxygen atoms in total. The van der Waals surface area contributed by atoms with Gasteiger partial charge in [-0.1, -0.05) is 23.2 Å². The quantitative estimate of drug-likeness (QED) is 0.792. The fraction of sp³-hybridized carbons (Fsp3) is 0. The van der Waals surface area contributed by atoms with E-state index >= 15 is 0 Å². The maximum absolute atomic E-state index is 12.1. The molecule has 0 aliphatic rings. The average Bonchev–Trinajstić information content (AvgIpc) is 2.83. The van der Waals surface area contributed by atoms with E-state index in [2.05, 4.69) is 14.9 Å². The molecule has 0 aliphatic carbocycles. The number of anilines is 1. The third kappa shape index (κ3) is 2.87. The molecular formula is C10H7Cl2N3O4S. The lowest BCUT2D eigenvalue weighted by molar-refractivity contribution is 0.0692. The van der Waals surface area contributed by atoms with E-state index in [1.54, 1.807) is 0 Å². The normalized spacial score (nSPS) is 11.3. The lowest BCUT2D eigenvalue weighted by Gasteiger charge is -2.07. The van der Waals surface area contributed by atoms with E-state index in [1.807, 2.05) is 0 Å². The molecule has 20 heavy (non-hydrogen) atoms. The zero-order valence-corrected chi connectivity index (χ0v) is 11.9. The van der Waals surface area contributed by atoms with Crippen molar-refractivity contribution >= 4 is 44.9 Å². The van der Waals surface area contributed by atoms with Gasteiger partial charge in [-0.3, -0.25) is 9.82 Å². The summed E-state index contributed by atoms with van der Waals surface area (Å²) in [6.45, 7) is 0. The number of hydrogen-bond acceptors (Lipinski definition) is 4. The number of nitrogens with one attached hydrogen (secondary N) is 2. The smallest absolute Gasteiger partial charge is 0.340 e. The number of carboxylic acid groups (broad SMARTS) is 1. The molecule has 0 saturated carbocycles. The van der Waals surface area contributed by atoms with Crippen molar-refractivity contribution in [3.05, 3.63) is 40.0 Å². The third-order valence-electron chi connectivity index (χ3n) is 2.28. The largest absolute Gasteiger partial charge is 0.478 e. The number of aromatic amines is 1. The van der Waals surface area contributed by atoms with E-state index in [9.17, 15) is 13.2 Å². The first-order valence-electron chi connectivity index (χ1n) is 5.06. The van der Waals surface area contributed by atoms with Crippen LogP contribution in [0.1, 0.15) is 10.4 Å². The van der Waals surface area contributed by atoms with Gasteiger partial charge in [-0.05, 0) is 18.2 Å². The van der Waals surface area contributed by atoms with Crippen LogP contribution in [-0.2, 0) is 10.0 Å². The standard InChI is InChI=1S/C10H7Cl2N3O4S/c11-7-2-1-5(3-8(7)12)15-20(18,19)9-6(10(16)17)4-13-14-9/h1-4,15H,(H,13,14)(H,16,17). The van der Waals surface area contributed by atoms with Crippen LogP contribution in [0, 0.1) is 0 Å². The van der Waals surface area contributed by atoms with Crippen molar-refractivity contribution in [2.45, 2.75) is 5.03 Å². The summed E-state index contributed by atoms with van der Waals surface area (Å²) in [7, 11) is -4.13. The molecule has 0 bridgehead atoms. The van der Waals surface area contributed by atoms with Gasteiger partial charge in [0.05, 0.1) is 21.9 Å². The Hall–Kier alpha value is -1.77. The summed E-state index contributed by atoms with van der Waals surface area (Å²) in [6, 6.07) is 4.10. The average molecular weight is 336 g/mol. The highest BCUT2D eigenvalue weighted by atomic mass is 35.5. The van der Waals surface area contributed by atoms with Crippen LogP contribution in [0.5, 0.6) is 0 Å². The van der Waals surface area contributed by atoms with Gasteiger partial charge in [0.15, 0.2) is 5.03 Å². The van der Waals surface area contributed by atoms with E-state index in [-0.39, 0.29) is 15.7 Å². The first-order valence-corrected chi connectivity index (χ1v) is 7.29. The van der Waals surface area contributed by atoms with Crippen LogP contribution < -0.4 is 4.72 Å². The van der Waals surface area contributed by atoms with Crippen molar-refractivity contribution in [1.82, 2.24) is 10.2 Å². The van der Waals surface area contributed by atoms with Crippen molar-refractivity contribution in [2.75, 3.05) is 4.72 Å². The van der Waals surface area contributed by atoms with Crippen LogP contribution in [0.4, 0.5) is 5.69 Å². The van der Waals surface area contributed by atoms with Gasteiger partial charge in [-0.2, -0.15) is 13.5 Å². The van der Waals surface area contributed by atoms with Gasteiger partial charge in [0.2, 0.25) is 0 Å². The van der Waals surface area contributed by atoms with Crippen molar-refractivity contribution in [3.63, 3.8) is 0 Å². The molecule has 0 saturated heterocycles. The molecular weight excluding hydrogens is 329 g/mol. The van der Waals surface area contributed by atoms with Crippen LogP contribution in [0.15, 0.2) is 29.4 Å². The minimum Gasteiger partial charge on any atom is -0.478 e. The predicted molar refractivity (Wildman–Crippen MR) is 72.8 cm³/mol. The zero-order chi connectivity index (χ0) is 14.9. The molecule has 106 valence electrons. The van der Waals surface area contributed by atoms with Crippen molar-refractivity contribution in [3.8, 4) is 0 Å². The highest BCUT2D eigenvalue weighted by molar-refractivity contribution is 7.92. The van der Waals surface area contributed by atoms with E-state index in [0.29, 0.717) is 0 Å². The van der Waals surface area contributed by atoms with Crippen LogP contribution in [0.3, 0.4) is 0 Å². The Labute approximate surface area is 123 Å². The molecule has 1 aromatic carbocycles. The summed E-state index contributed by atoms with van der Waals surface area (Å²) in [5, 5.41) is 14.3. The highest BCUT2D eigenvalue weighted by Crippen LogP contribution is 2.26. The Morgan fingerprint density at radius 1 is 1.30 bits per heavy atom. The van der Waals surface area contributed by atoms with Crippen molar-refractivity contribution < 1.29 is 18.3 Å². The highest BCUT2D eigenvalue weighted by Gasteiger charge is 2.25. The SMILES string of the molecule is O=C(O)c1cn[nH]c1S(=O)(=O)Nc1ccc(Cl)c(Cl)c1. The van der Waals surface area contributed by atoms with Crippen LogP contribution in [-0.4, -0.2) is 29.7 Å². The van der Waals surface area contributed by atoms with Crippen LogP contribution >= 0.6 is 23.2 Å². The number of benzene rings is 1. The molecule has 0 fully saturated rings. The second-order valence-corrected chi connectivity index (χ2v) is 6.09. The second kappa shape index (κ2) is 5.31. The monoisotopic (exact) mass is 335 g/mol. The van der Waals surface area contributed by atoms with Crippen LogP contribution in [0.2, 0.25) is 10.0 Å². The number of nitrogens with zero attached hydrogens (tertiary/aromatic N) is 1. The fourth-order valence-corrected chi connectivity index (χ4v) is 2.84. The molecule has 0 aliphatic heterocycles. The summed E-state index contributed by atoms with van der Waals surface area (Å²) in [5.74, 6) is -1.41. The third-order valence-corrected chi connectivity index (χ3v) is 4.37. The number of hydrogen-bond donors (Lipinski definition) is 3. The van der Waals surface area contributed by atoms with E-state index in [0.717, 1.165) is 6.20 Å². The summed E-state index contributed by atoms with van der Waals surface area (Å²) >= 11 is 11.5. The molecule has 0 unspecified atom stereocenters. The molecule has 1 heterocycles. The molecule has 0 spiro atoms. The summed E-state index contributed by atoms with van der Waals surface area (Å²) in [4.78, 5) is 10.9. The minimum absolute atomic E-state index is 0.144. The van der Waals surface area contributed by atoms with Gasteiger partial charge in [-0.25, -0.2) is 4.79 Å². The Bertz CT molecular complexity index is 773. The van der Waals surface area contributed by atoms with Crippen molar-refractivity contribution in [1.29, 1.82) is 0 Å². The molecule has 2 aromatic rings. The molecule has 3 N–H and O–H groups in total. The molecule has 2 rings (SSSR count). The van der Waals surface area contributed by atoms with Gasteiger partial charge in [0.1, 0.15) is 5.56 Å². The topological polar surface area (TPSA) is 112 Å². The Balaban J connectivity index is 2.38. The number of aromatic carboxylic acids is 1. The molecule has 0 atom stereocenters. The lowest BCUT2D eigenvalue weighted by atomic mass is 10.3. The first kappa shape index (κ1) is 14.6. The molecule has 10 heteroatoms. The number of rotatable bonds is 4. The van der Waals surface area contributed by atoms with Crippen LogP contribution in [0.25, 0.3) is 0 Å². The summed E-state index contributed by atoms with van der Waals surface area (Å²) < 4.78 is 26.3. The molecule has 0 radical (unpaired) electrons. The van der Waals surface area contributed by atoms with E-state index in [4.69, 9.17) is 28.3 Å². The predicted octanol–water partition coefficient (Wildman–Crippen LogP) is 2.22. The summed E-state index contributed by atoms with van der Waals surface area (Å²) in [5.41, 5.74) is -0.317. The second-order valence-electron chi connectivity index (χ2n) is 3.65. The van der Waals surface area contributed by atoms with Gasteiger partial charge < -0.3 is 5.11 Å². The molecule has 0 amide bonds. The van der Waals surface area contributed by atoms with Gasteiger partial charge in [0, 0.05) is 0 Å².